The molecule has 2 aromatic carbocycles. The van der Waals surface area contributed by atoms with E-state index >= 15 is 0 Å². The average molecular weight is 302 g/mol. The molecule has 0 aliphatic carbocycles. The second-order valence-corrected chi connectivity index (χ2v) is 5.89. The minimum absolute atomic E-state index is 0.0188. The number of hydrogen-bond donors (Lipinski definition) is 1. The van der Waals surface area contributed by atoms with Crippen LogP contribution in [0.2, 0.25) is 5.02 Å². The van der Waals surface area contributed by atoms with Gasteiger partial charge in [0.1, 0.15) is 0 Å². The standard InChI is InChI=1S/C18H20ClNO/c1-13(2)15-6-3-14(4-7-15)5-12-18(21)20-17-10-8-16(19)9-11-17/h3-4,6-11,13H,5,12H2,1-2H3,(H,20,21). The number of aryl methyl sites for hydroxylation is 1. The van der Waals surface area contributed by atoms with Gasteiger partial charge in [-0.1, -0.05) is 49.7 Å². The minimum atomic E-state index is 0.0188. The number of benzene rings is 2. The molecule has 2 aromatic rings. The lowest BCUT2D eigenvalue weighted by molar-refractivity contribution is -0.116. The van der Waals surface area contributed by atoms with Gasteiger partial charge in [-0.3, -0.25) is 4.79 Å². The summed E-state index contributed by atoms with van der Waals surface area (Å²) >= 11 is 5.81. The highest BCUT2D eigenvalue weighted by Crippen LogP contribution is 2.16. The van der Waals surface area contributed by atoms with Crippen LogP contribution in [0.15, 0.2) is 48.5 Å². The van der Waals surface area contributed by atoms with Crippen LogP contribution in [0.3, 0.4) is 0 Å². The highest BCUT2D eigenvalue weighted by Gasteiger charge is 2.04. The highest BCUT2D eigenvalue weighted by atomic mass is 35.5. The molecule has 0 bridgehead atoms. The van der Waals surface area contributed by atoms with Gasteiger partial charge < -0.3 is 5.32 Å². The average Bonchev–Trinajstić information content (AvgIpc) is 2.48. The Morgan fingerprint density at radius 2 is 1.67 bits per heavy atom. The molecule has 2 rings (SSSR count). The molecule has 0 aliphatic rings. The summed E-state index contributed by atoms with van der Waals surface area (Å²) in [4.78, 5) is 11.9. The summed E-state index contributed by atoms with van der Waals surface area (Å²) in [6.07, 6.45) is 1.22. The molecule has 0 aromatic heterocycles. The fourth-order valence-electron chi connectivity index (χ4n) is 2.08. The predicted octanol–water partition coefficient (Wildman–Crippen LogP) is 5.03. The molecule has 0 heterocycles. The zero-order chi connectivity index (χ0) is 15.2. The quantitative estimate of drug-likeness (QED) is 0.824. The van der Waals surface area contributed by atoms with Gasteiger partial charge in [-0.25, -0.2) is 0 Å². The number of amides is 1. The van der Waals surface area contributed by atoms with Gasteiger partial charge >= 0.3 is 0 Å². The van der Waals surface area contributed by atoms with Crippen LogP contribution in [-0.4, -0.2) is 5.91 Å². The summed E-state index contributed by atoms with van der Waals surface area (Å²) in [7, 11) is 0. The van der Waals surface area contributed by atoms with E-state index in [1.165, 1.54) is 11.1 Å². The van der Waals surface area contributed by atoms with Crippen molar-refractivity contribution in [3.63, 3.8) is 0 Å². The Balaban J connectivity index is 1.84. The van der Waals surface area contributed by atoms with Gasteiger partial charge in [-0.2, -0.15) is 0 Å². The number of rotatable bonds is 5. The second kappa shape index (κ2) is 7.28. The lowest BCUT2D eigenvalue weighted by Crippen LogP contribution is -2.12. The van der Waals surface area contributed by atoms with Crippen LogP contribution in [0, 0.1) is 0 Å². The molecule has 21 heavy (non-hydrogen) atoms. The maximum atomic E-state index is 11.9. The van der Waals surface area contributed by atoms with Crippen molar-refractivity contribution >= 4 is 23.2 Å². The highest BCUT2D eigenvalue weighted by molar-refractivity contribution is 6.30. The first kappa shape index (κ1) is 15.6. The number of anilines is 1. The Hall–Kier alpha value is -1.80. The Morgan fingerprint density at radius 1 is 1.05 bits per heavy atom. The van der Waals surface area contributed by atoms with Crippen molar-refractivity contribution in [2.45, 2.75) is 32.6 Å². The molecule has 2 nitrogen and oxygen atoms in total. The van der Waals surface area contributed by atoms with E-state index in [0.717, 1.165) is 12.1 Å². The molecule has 1 N–H and O–H groups in total. The lowest BCUT2D eigenvalue weighted by atomic mass is 10.0. The van der Waals surface area contributed by atoms with E-state index in [9.17, 15) is 4.79 Å². The van der Waals surface area contributed by atoms with Crippen LogP contribution in [0.25, 0.3) is 0 Å². The molecular weight excluding hydrogens is 282 g/mol. The third kappa shape index (κ3) is 4.91. The molecule has 0 saturated heterocycles. The van der Waals surface area contributed by atoms with E-state index in [0.29, 0.717) is 17.4 Å². The number of halogens is 1. The zero-order valence-electron chi connectivity index (χ0n) is 12.4. The molecule has 110 valence electrons. The van der Waals surface area contributed by atoms with Crippen LogP contribution in [0.5, 0.6) is 0 Å². The molecule has 3 heteroatoms. The normalized spacial score (nSPS) is 10.7. The Labute approximate surface area is 131 Å². The monoisotopic (exact) mass is 301 g/mol. The molecule has 0 fully saturated rings. The van der Waals surface area contributed by atoms with Gasteiger partial charge in [0, 0.05) is 17.1 Å². The second-order valence-electron chi connectivity index (χ2n) is 5.45. The van der Waals surface area contributed by atoms with Crippen molar-refractivity contribution in [2.75, 3.05) is 5.32 Å². The zero-order valence-corrected chi connectivity index (χ0v) is 13.2. The van der Waals surface area contributed by atoms with E-state index in [4.69, 9.17) is 11.6 Å². The molecule has 0 saturated carbocycles. The van der Waals surface area contributed by atoms with Crippen molar-refractivity contribution < 1.29 is 4.79 Å². The Kier molecular flexibility index (Phi) is 5.40. The van der Waals surface area contributed by atoms with E-state index in [2.05, 4.69) is 43.4 Å². The first-order chi connectivity index (χ1) is 10.0. The lowest BCUT2D eigenvalue weighted by Gasteiger charge is -2.08. The smallest absolute Gasteiger partial charge is 0.224 e. The molecule has 1 amide bonds. The van der Waals surface area contributed by atoms with Crippen molar-refractivity contribution in [3.8, 4) is 0 Å². The number of nitrogens with one attached hydrogen (secondary N) is 1. The summed E-state index contributed by atoms with van der Waals surface area (Å²) in [5, 5.41) is 3.54. The summed E-state index contributed by atoms with van der Waals surface area (Å²) in [6, 6.07) is 15.6. The number of carbonyl (C=O) groups is 1. The van der Waals surface area contributed by atoms with Crippen molar-refractivity contribution in [2.24, 2.45) is 0 Å². The summed E-state index contributed by atoms with van der Waals surface area (Å²) in [6.45, 7) is 4.35. The van der Waals surface area contributed by atoms with Gasteiger partial charge in [0.2, 0.25) is 5.91 Å². The maximum absolute atomic E-state index is 11.9. The molecule has 0 aliphatic heterocycles. The van der Waals surface area contributed by atoms with Crippen LogP contribution in [-0.2, 0) is 11.2 Å². The van der Waals surface area contributed by atoms with Gasteiger partial charge in [-0.15, -0.1) is 0 Å². The third-order valence-corrected chi connectivity index (χ3v) is 3.67. The topological polar surface area (TPSA) is 29.1 Å². The SMILES string of the molecule is CC(C)c1ccc(CCC(=O)Nc2ccc(Cl)cc2)cc1. The van der Waals surface area contributed by atoms with Crippen molar-refractivity contribution in [3.05, 3.63) is 64.7 Å². The molecular formula is C18H20ClNO. The fourth-order valence-corrected chi connectivity index (χ4v) is 2.21. The van der Waals surface area contributed by atoms with Crippen LogP contribution < -0.4 is 5.32 Å². The van der Waals surface area contributed by atoms with Crippen molar-refractivity contribution in [1.82, 2.24) is 0 Å². The summed E-state index contributed by atoms with van der Waals surface area (Å²) in [5.74, 6) is 0.553. The van der Waals surface area contributed by atoms with Gasteiger partial charge in [0.05, 0.1) is 0 Å². The molecule has 0 atom stereocenters. The van der Waals surface area contributed by atoms with Crippen LogP contribution in [0.4, 0.5) is 5.69 Å². The maximum Gasteiger partial charge on any atom is 0.224 e. The fraction of sp³-hybridized carbons (Fsp3) is 0.278. The minimum Gasteiger partial charge on any atom is -0.326 e. The largest absolute Gasteiger partial charge is 0.326 e. The van der Waals surface area contributed by atoms with Crippen LogP contribution in [0.1, 0.15) is 37.3 Å². The van der Waals surface area contributed by atoms with Gasteiger partial charge in [-0.05, 0) is 47.7 Å². The van der Waals surface area contributed by atoms with E-state index < -0.39 is 0 Å². The summed E-state index contributed by atoms with van der Waals surface area (Å²) in [5.41, 5.74) is 3.29. The van der Waals surface area contributed by atoms with Crippen molar-refractivity contribution in [1.29, 1.82) is 0 Å². The Morgan fingerprint density at radius 3 is 2.24 bits per heavy atom. The number of hydrogen-bond acceptors (Lipinski definition) is 1. The van der Waals surface area contributed by atoms with E-state index in [1.807, 2.05) is 0 Å². The van der Waals surface area contributed by atoms with Gasteiger partial charge in [0.15, 0.2) is 0 Å². The molecule has 0 radical (unpaired) electrons. The predicted molar refractivity (Wildman–Crippen MR) is 88.9 cm³/mol. The van der Waals surface area contributed by atoms with E-state index in [1.54, 1.807) is 24.3 Å². The molecule has 0 unspecified atom stereocenters. The van der Waals surface area contributed by atoms with E-state index in [-0.39, 0.29) is 5.91 Å². The first-order valence-electron chi connectivity index (χ1n) is 7.19. The summed E-state index contributed by atoms with van der Waals surface area (Å²) < 4.78 is 0. The first-order valence-corrected chi connectivity index (χ1v) is 7.56. The third-order valence-electron chi connectivity index (χ3n) is 3.42. The number of carbonyl (C=O) groups excluding carboxylic acids is 1. The van der Waals surface area contributed by atoms with Gasteiger partial charge in [0.25, 0.3) is 0 Å². The molecule has 0 spiro atoms. The van der Waals surface area contributed by atoms with Crippen LogP contribution >= 0.6 is 11.6 Å². The Bertz CT molecular complexity index is 588.